The fourth-order valence-corrected chi connectivity index (χ4v) is 2.22. The van der Waals surface area contributed by atoms with Crippen molar-refractivity contribution in [1.29, 1.82) is 0 Å². The topological polar surface area (TPSA) is 82.9 Å². The van der Waals surface area contributed by atoms with Gasteiger partial charge in [0.2, 0.25) is 0 Å². The van der Waals surface area contributed by atoms with Crippen LogP contribution in [0.25, 0.3) is 0 Å². The molecular weight excluding hydrogens is 248 g/mol. The van der Waals surface area contributed by atoms with E-state index in [1.165, 1.54) is 12.3 Å². The van der Waals surface area contributed by atoms with E-state index in [0.29, 0.717) is 32.6 Å². The number of likely N-dealkylation sites (N-methyl/N-ethyl adjacent to an activating group) is 1. The smallest absolute Gasteiger partial charge is 0.354 e. The number of carboxylic acid groups (broad SMARTS) is 1. The van der Waals surface area contributed by atoms with Crippen LogP contribution >= 0.6 is 0 Å². The monoisotopic (exact) mass is 266 g/mol. The third-order valence-electron chi connectivity index (χ3n) is 3.36. The quantitative estimate of drug-likeness (QED) is 0.837. The minimum Gasteiger partial charge on any atom is -0.477 e. The zero-order chi connectivity index (χ0) is 13.9. The molecule has 0 radical (unpaired) electrons. The van der Waals surface area contributed by atoms with E-state index in [4.69, 9.17) is 9.84 Å². The number of nitrogens with zero attached hydrogens (tertiary/aromatic N) is 2. The van der Waals surface area contributed by atoms with Gasteiger partial charge in [0.15, 0.2) is 0 Å². The van der Waals surface area contributed by atoms with Gasteiger partial charge in [0, 0.05) is 51.5 Å². The maximum atomic E-state index is 10.9. The fourth-order valence-electron chi connectivity index (χ4n) is 2.22. The molecule has 0 unspecified atom stereocenters. The van der Waals surface area contributed by atoms with E-state index in [9.17, 15) is 9.90 Å². The van der Waals surface area contributed by atoms with Crippen molar-refractivity contribution in [1.82, 2.24) is 4.98 Å². The van der Waals surface area contributed by atoms with Gasteiger partial charge in [-0.2, -0.15) is 0 Å². The summed E-state index contributed by atoms with van der Waals surface area (Å²) in [4.78, 5) is 16.5. The molecule has 1 aromatic rings. The van der Waals surface area contributed by atoms with Gasteiger partial charge in [-0.25, -0.2) is 9.78 Å². The minimum atomic E-state index is -1.06. The number of hydrogen-bond acceptors (Lipinski definition) is 5. The number of carboxylic acids is 1. The second kappa shape index (κ2) is 5.54. The Bertz CT molecular complexity index is 458. The van der Waals surface area contributed by atoms with Crippen molar-refractivity contribution in [3.8, 4) is 0 Å². The molecule has 1 aliphatic heterocycles. The molecule has 0 aliphatic carbocycles. The second-order valence-corrected chi connectivity index (χ2v) is 4.90. The lowest BCUT2D eigenvalue weighted by Crippen LogP contribution is -2.45. The Morgan fingerprint density at radius 3 is 2.84 bits per heavy atom. The number of aromatic carboxylic acids is 1. The molecule has 2 N–H and O–H groups in total. The molecule has 2 heterocycles. The molecule has 104 valence electrons. The van der Waals surface area contributed by atoms with Gasteiger partial charge >= 0.3 is 5.97 Å². The van der Waals surface area contributed by atoms with Crippen LogP contribution in [0.15, 0.2) is 18.3 Å². The number of anilines is 1. The molecule has 0 atom stereocenters. The summed E-state index contributed by atoms with van der Waals surface area (Å²) in [7, 11) is 1.83. The van der Waals surface area contributed by atoms with Gasteiger partial charge in [0.1, 0.15) is 5.69 Å². The lowest BCUT2D eigenvalue weighted by Gasteiger charge is -2.36. The fraction of sp³-hybridized carbons (Fsp3) is 0.538. The van der Waals surface area contributed by atoms with Crippen LogP contribution in [0.3, 0.4) is 0 Å². The molecule has 0 saturated carbocycles. The van der Waals surface area contributed by atoms with E-state index in [1.807, 2.05) is 11.9 Å². The van der Waals surface area contributed by atoms with Crippen LogP contribution < -0.4 is 4.90 Å². The van der Waals surface area contributed by atoms with Gasteiger partial charge in [-0.1, -0.05) is 0 Å². The van der Waals surface area contributed by atoms with Crippen molar-refractivity contribution in [2.24, 2.45) is 0 Å². The summed E-state index contributed by atoms with van der Waals surface area (Å²) in [5.41, 5.74) is -0.0460. The molecule has 1 fully saturated rings. The van der Waals surface area contributed by atoms with Crippen LogP contribution in [-0.4, -0.2) is 53.6 Å². The predicted octanol–water partition coefficient (Wildman–Crippen LogP) is 0.757. The second-order valence-electron chi connectivity index (χ2n) is 4.90. The van der Waals surface area contributed by atoms with E-state index >= 15 is 0 Å². The maximum absolute atomic E-state index is 10.9. The maximum Gasteiger partial charge on any atom is 0.354 e. The first-order valence-corrected chi connectivity index (χ1v) is 6.21. The lowest BCUT2D eigenvalue weighted by atomic mass is 9.94. The first kappa shape index (κ1) is 13.8. The van der Waals surface area contributed by atoms with E-state index < -0.39 is 11.6 Å². The molecule has 1 aliphatic rings. The minimum absolute atomic E-state index is 0.00307. The summed E-state index contributed by atoms with van der Waals surface area (Å²) >= 11 is 0. The highest BCUT2D eigenvalue weighted by Crippen LogP contribution is 2.24. The Balaban J connectivity index is 2.08. The summed E-state index contributed by atoms with van der Waals surface area (Å²) in [5, 5.41) is 19.3. The summed E-state index contributed by atoms with van der Waals surface area (Å²) in [6.45, 7) is 1.56. The van der Waals surface area contributed by atoms with Crippen molar-refractivity contribution in [3.63, 3.8) is 0 Å². The van der Waals surface area contributed by atoms with Crippen LogP contribution in [0.1, 0.15) is 23.3 Å². The third-order valence-corrected chi connectivity index (χ3v) is 3.36. The van der Waals surface area contributed by atoms with Crippen LogP contribution in [0.4, 0.5) is 5.69 Å². The van der Waals surface area contributed by atoms with Gasteiger partial charge in [-0.05, 0) is 12.1 Å². The molecule has 1 saturated heterocycles. The molecule has 1 aromatic heterocycles. The van der Waals surface area contributed by atoms with Gasteiger partial charge in [0.05, 0.1) is 5.60 Å². The number of rotatable bonds is 4. The van der Waals surface area contributed by atoms with Crippen LogP contribution in [0.5, 0.6) is 0 Å². The van der Waals surface area contributed by atoms with Crippen molar-refractivity contribution in [2.45, 2.75) is 18.4 Å². The summed E-state index contributed by atoms with van der Waals surface area (Å²) < 4.78 is 5.24. The number of pyridine rings is 1. The Labute approximate surface area is 111 Å². The first-order valence-electron chi connectivity index (χ1n) is 6.21. The Morgan fingerprint density at radius 1 is 1.53 bits per heavy atom. The highest BCUT2D eigenvalue weighted by Gasteiger charge is 2.31. The van der Waals surface area contributed by atoms with Crippen molar-refractivity contribution >= 4 is 11.7 Å². The van der Waals surface area contributed by atoms with E-state index in [-0.39, 0.29) is 5.69 Å². The van der Waals surface area contributed by atoms with E-state index in [0.717, 1.165) is 5.69 Å². The Kier molecular flexibility index (Phi) is 4.01. The summed E-state index contributed by atoms with van der Waals surface area (Å²) in [6.07, 6.45) is 2.64. The SMILES string of the molecule is CN(CC1(O)CCOCC1)c1ccnc(C(=O)O)c1. The van der Waals surface area contributed by atoms with Gasteiger partial charge in [-0.15, -0.1) is 0 Å². The largest absolute Gasteiger partial charge is 0.477 e. The molecule has 0 bridgehead atoms. The van der Waals surface area contributed by atoms with E-state index in [2.05, 4.69) is 4.98 Å². The van der Waals surface area contributed by atoms with Crippen LogP contribution in [-0.2, 0) is 4.74 Å². The molecule has 6 nitrogen and oxygen atoms in total. The van der Waals surface area contributed by atoms with Crippen molar-refractivity contribution in [3.05, 3.63) is 24.0 Å². The summed E-state index contributed by atoms with van der Waals surface area (Å²) in [6, 6.07) is 3.24. The van der Waals surface area contributed by atoms with Gasteiger partial charge in [0.25, 0.3) is 0 Å². The van der Waals surface area contributed by atoms with E-state index in [1.54, 1.807) is 6.07 Å². The number of carbonyl (C=O) groups is 1. The average molecular weight is 266 g/mol. The molecule has 0 amide bonds. The predicted molar refractivity (Wildman–Crippen MR) is 69.5 cm³/mol. The number of aliphatic hydroxyl groups is 1. The van der Waals surface area contributed by atoms with Gasteiger partial charge in [-0.3, -0.25) is 0 Å². The third kappa shape index (κ3) is 3.42. The average Bonchev–Trinajstić information content (AvgIpc) is 2.39. The highest BCUT2D eigenvalue weighted by molar-refractivity contribution is 5.86. The molecule has 0 spiro atoms. The highest BCUT2D eigenvalue weighted by atomic mass is 16.5. The Morgan fingerprint density at radius 2 is 2.21 bits per heavy atom. The standard InChI is InChI=1S/C13H18N2O4/c1-15(9-13(18)3-6-19-7-4-13)10-2-5-14-11(8-10)12(16)17/h2,5,8,18H,3-4,6-7,9H2,1H3,(H,16,17). The van der Waals surface area contributed by atoms with Crippen molar-refractivity contribution in [2.75, 3.05) is 31.7 Å². The Hall–Kier alpha value is -1.66. The molecule has 0 aromatic carbocycles. The lowest BCUT2D eigenvalue weighted by molar-refractivity contribution is -0.0572. The summed E-state index contributed by atoms with van der Waals surface area (Å²) in [5.74, 6) is -1.06. The normalized spacial score (nSPS) is 18.0. The number of aromatic nitrogens is 1. The number of hydrogen-bond donors (Lipinski definition) is 2. The number of ether oxygens (including phenoxy) is 1. The molecule has 6 heteroatoms. The van der Waals surface area contributed by atoms with Crippen LogP contribution in [0, 0.1) is 0 Å². The molecule has 2 rings (SSSR count). The van der Waals surface area contributed by atoms with Gasteiger partial charge < -0.3 is 19.8 Å². The zero-order valence-electron chi connectivity index (χ0n) is 10.9. The molecular formula is C13H18N2O4. The first-order chi connectivity index (χ1) is 9.00. The zero-order valence-corrected chi connectivity index (χ0v) is 10.9. The van der Waals surface area contributed by atoms with Crippen LogP contribution in [0.2, 0.25) is 0 Å². The molecule has 19 heavy (non-hydrogen) atoms. The van der Waals surface area contributed by atoms with Crippen molar-refractivity contribution < 1.29 is 19.7 Å².